The monoisotopic (exact) mass is 258 g/mol. The summed E-state index contributed by atoms with van der Waals surface area (Å²) >= 11 is 3.26. The van der Waals surface area contributed by atoms with Crippen LogP contribution in [-0.4, -0.2) is 18.2 Å². The van der Waals surface area contributed by atoms with Gasteiger partial charge >= 0.3 is 5.97 Å². The van der Waals surface area contributed by atoms with Crippen LogP contribution >= 0.6 is 15.9 Å². The normalized spacial score (nSPS) is 9.93. The van der Waals surface area contributed by atoms with Gasteiger partial charge in [0.2, 0.25) is 0 Å². The van der Waals surface area contributed by atoms with E-state index in [1.807, 2.05) is 13.0 Å². The maximum atomic E-state index is 11.0. The molecule has 0 bridgehead atoms. The van der Waals surface area contributed by atoms with Gasteiger partial charge in [-0.1, -0.05) is 22.0 Å². The van der Waals surface area contributed by atoms with Gasteiger partial charge in [0.05, 0.1) is 7.11 Å². The average Bonchev–Trinajstić information content (AvgIpc) is 2.15. The third-order valence-corrected chi connectivity index (χ3v) is 2.51. The molecule has 0 unspecified atom stereocenters. The van der Waals surface area contributed by atoms with Gasteiger partial charge in [0.1, 0.15) is 11.3 Å². The smallest absolute Gasteiger partial charge is 0.339 e. The SMILES string of the molecule is COc1cc(C)cc(CBr)c1C(=O)O. The molecule has 0 amide bonds. The number of rotatable bonds is 3. The molecule has 1 aromatic rings. The van der Waals surface area contributed by atoms with E-state index in [1.54, 1.807) is 6.07 Å². The number of halogens is 1. The second kappa shape index (κ2) is 4.46. The number of hydrogen-bond donors (Lipinski definition) is 1. The van der Waals surface area contributed by atoms with Crippen molar-refractivity contribution in [2.45, 2.75) is 12.3 Å². The molecule has 0 aliphatic rings. The summed E-state index contributed by atoms with van der Waals surface area (Å²) < 4.78 is 5.03. The fraction of sp³-hybridized carbons (Fsp3) is 0.300. The van der Waals surface area contributed by atoms with Crippen molar-refractivity contribution < 1.29 is 14.6 Å². The van der Waals surface area contributed by atoms with Crippen LogP contribution in [0.3, 0.4) is 0 Å². The highest BCUT2D eigenvalue weighted by Crippen LogP contribution is 2.26. The molecule has 0 fully saturated rings. The van der Waals surface area contributed by atoms with Crippen molar-refractivity contribution in [1.82, 2.24) is 0 Å². The number of carbonyl (C=O) groups is 1. The van der Waals surface area contributed by atoms with Crippen molar-refractivity contribution >= 4 is 21.9 Å². The van der Waals surface area contributed by atoms with Crippen molar-refractivity contribution in [3.63, 3.8) is 0 Å². The molecule has 0 saturated heterocycles. The van der Waals surface area contributed by atoms with Gasteiger partial charge in [0.15, 0.2) is 0 Å². The third-order valence-electron chi connectivity index (χ3n) is 1.91. The van der Waals surface area contributed by atoms with E-state index in [2.05, 4.69) is 15.9 Å². The molecule has 0 aliphatic heterocycles. The molecule has 0 heterocycles. The zero-order valence-electron chi connectivity index (χ0n) is 8.00. The van der Waals surface area contributed by atoms with E-state index >= 15 is 0 Å². The molecule has 0 atom stereocenters. The van der Waals surface area contributed by atoms with Gasteiger partial charge in [0.25, 0.3) is 0 Å². The molecular weight excluding hydrogens is 248 g/mol. The number of carboxylic acids is 1. The largest absolute Gasteiger partial charge is 0.496 e. The molecule has 1 N–H and O–H groups in total. The highest BCUT2D eigenvalue weighted by atomic mass is 79.9. The van der Waals surface area contributed by atoms with Crippen LogP contribution in [0.25, 0.3) is 0 Å². The second-order valence-electron chi connectivity index (χ2n) is 2.94. The number of ether oxygens (including phenoxy) is 1. The van der Waals surface area contributed by atoms with Gasteiger partial charge in [-0.15, -0.1) is 0 Å². The molecule has 76 valence electrons. The van der Waals surface area contributed by atoms with E-state index < -0.39 is 5.97 Å². The minimum atomic E-state index is -0.962. The van der Waals surface area contributed by atoms with Crippen molar-refractivity contribution in [2.75, 3.05) is 7.11 Å². The van der Waals surface area contributed by atoms with Gasteiger partial charge in [-0.3, -0.25) is 0 Å². The second-order valence-corrected chi connectivity index (χ2v) is 3.50. The fourth-order valence-corrected chi connectivity index (χ4v) is 1.78. The van der Waals surface area contributed by atoms with Crippen molar-refractivity contribution in [3.05, 3.63) is 28.8 Å². The minimum Gasteiger partial charge on any atom is -0.496 e. The molecule has 0 spiro atoms. The maximum absolute atomic E-state index is 11.0. The first kappa shape index (κ1) is 11.0. The number of hydrogen-bond acceptors (Lipinski definition) is 2. The maximum Gasteiger partial charge on any atom is 0.339 e. The average molecular weight is 259 g/mol. The van der Waals surface area contributed by atoms with E-state index in [4.69, 9.17) is 9.84 Å². The lowest BCUT2D eigenvalue weighted by atomic mass is 10.0. The topological polar surface area (TPSA) is 46.5 Å². The number of alkyl halides is 1. The van der Waals surface area contributed by atoms with Crippen LogP contribution in [0.15, 0.2) is 12.1 Å². The van der Waals surface area contributed by atoms with Crippen molar-refractivity contribution in [3.8, 4) is 5.75 Å². The van der Waals surface area contributed by atoms with Gasteiger partial charge in [-0.05, 0) is 24.1 Å². The van der Waals surface area contributed by atoms with E-state index in [1.165, 1.54) is 7.11 Å². The van der Waals surface area contributed by atoms with Crippen LogP contribution in [0.4, 0.5) is 0 Å². The molecule has 14 heavy (non-hydrogen) atoms. The number of carboxylic acid groups (broad SMARTS) is 1. The fourth-order valence-electron chi connectivity index (χ4n) is 1.33. The first-order chi connectivity index (χ1) is 6.60. The Bertz CT molecular complexity index is 335. The van der Waals surface area contributed by atoms with Crippen LogP contribution in [0.5, 0.6) is 5.75 Å². The summed E-state index contributed by atoms with van der Waals surface area (Å²) in [5.74, 6) is -0.553. The molecule has 4 heteroatoms. The van der Waals surface area contributed by atoms with Gasteiger partial charge in [-0.2, -0.15) is 0 Å². The summed E-state index contributed by atoms with van der Waals surface area (Å²) in [6.07, 6.45) is 0. The quantitative estimate of drug-likeness (QED) is 0.848. The van der Waals surface area contributed by atoms with E-state index in [0.29, 0.717) is 11.1 Å². The van der Waals surface area contributed by atoms with Crippen LogP contribution < -0.4 is 4.74 Å². The lowest BCUT2D eigenvalue weighted by Gasteiger charge is -2.10. The molecule has 0 radical (unpaired) electrons. The Balaban J connectivity index is 3.40. The Morgan fingerprint density at radius 3 is 2.64 bits per heavy atom. The van der Waals surface area contributed by atoms with Gasteiger partial charge < -0.3 is 9.84 Å². The van der Waals surface area contributed by atoms with Gasteiger partial charge in [0, 0.05) is 5.33 Å². The summed E-state index contributed by atoms with van der Waals surface area (Å²) in [6.45, 7) is 1.90. The Labute approximate surface area is 90.8 Å². The molecule has 0 aliphatic carbocycles. The number of benzene rings is 1. The van der Waals surface area contributed by atoms with E-state index in [-0.39, 0.29) is 5.56 Å². The third kappa shape index (κ3) is 2.07. The van der Waals surface area contributed by atoms with Crippen LogP contribution in [0, 0.1) is 6.92 Å². The molecule has 1 aromatic carbocycles. The highest BCUT2D eigenvalue weighted by Gasteiger charge is 2.16. The van der Waals surface area contributed by atoms with Crippen molar-refractivity contribution in [2.24, 2.45) is 0 Å². The lowest BCUT2D eigenvalue weighted by Crippen LogP contribution is -2.05. The zero-order chi connectivity index (χ0) is 10.7. The van der Waals surface area contributed by atoms with Crippen molar-refractivity contribution in [1.29, 1.82) is 0 Å². The summed E-state index contributed by atoms with van der Waals surface area (Å²) in [4.78, 5) is 11.0. The lowest BCUT2D eigenvalue weighted by molar-refractivity contribution is 0.0692. The Hall–Kier alpha value is -1.03. The number of aryl methyl sites for hydroxylation is 1. The standard InChI is InChI=1S/C10H11BrO3/c1-6-3-7(5-11)9(10(12)13)8(4-6)14-2/h3-4H,5H2,1-2H3,(H,12,13). The zero-order valence-corrected chi connectivity index (χ0v) is 9.59. The predicted octanol–water partition coefficient (Wildman–Crippen LogP) is 2.60. The first-order valence-corrected chi connectivity index (χ1v) is 5.19. The van der Waals surface area contributed by atoms with Crippen LogP contribution in [0.1, 0.15) is 21.5 Å². The predicted molar refractivity (Wildman–Crippen MR) is 57.3 cm³/mol. The van der Waals surface area contributed by atoms with Gasteiger partial charge in [-0.25, -0.2) is 4.79 Å². The Morgan fingerprint density at radius 2 is 2.21 bits per heavy atom. The van der Waals surface area contributed by atoms with Crippen LogP contribution in [0.2, 0.25) is 0 Å². The Morgan fingerprint density at radius 1 is 1.57 bits per heavy atom. The Kier molecular flexibility index (Phi) is 3.52. The molecule has 0 aromatic heterocycles. The highest BCUT2D eigenvalue weighted by molar-refractivity contribution is 9.08. The molecular formula is C10H11BrO3. The van der Waals surface area contributed by atoms with E-state index in [0.717, 1.165) is 11.1 Å². The molecule has 3 nitrogen and oxygen atoms in total. The summed E-state index contributed by atoms with van der Waals surface area (Å²) in [5, 5.41) is 9.51. The van der Waals surface area contributed by atoms with Crippen LogP contribution in [-0.2, 0) is 5.33 Å². The first-order valence-electron chi connectivity index (χ1n) is 4.07. The number of methoxy groups -OCH3 is 1. The summed E-state index contributed by atoms with van der Waals surface area (Å²) in [6, 6.07) is 3.55. The molecule has 0 saturated carbocycles. The van der Waals surface area contributed by atoms with E-state index in [9.17, 15) is 4.79 Å². The number of aromatic carboxylic acids is 1. The summed E-state index contributed by atoms with van der Waals surface area (Å²) in [7, 11) is 1.47. The summed E-state index contributed by atoms with van der Waals surface area (Å²) in [5.41, 5.74) is 1.95. The minimum absolute atomic E-state index is 0.231. The molecule has 1 rings (SSSR count).